The topological polar surface area (TPSA) is 22.1 Å². The number of fused-ring (bicyclic) bond motifs is 1. The van der Waals surface area contributed by atoms with Crippen LogP contribution in [-0.2, 0) is 6.61 Å². The van der Waals surface area contributed by atoms with Crippen LogP contribution in [0.5, 0.6) is 5.75 Å². The zero-order chi connectivity index (χ0) is 19.5. The number of ether oxygens (including phenoxy) is 1. The second-order valence-corrected chi connectivity index (χ2v) is 7.53. The molecule has 4 aromatic rings. The Balaban J connectivity index is 1.76. The summed E-state index contributed by atoms with van der Waals surface area (Å²) in [5.41, 5.74) is 6.80. The summed E-state index contributed by atoms with van der Waals surface area (Å²) in [5.74, 6) is 1.39. The molecule has 0 bridgehead atoms. The summed E-state index contributed by atoms with van der Waals surface area (Å²) < 4.78 is 6.23. The molecule has 0 saturated carbocycles. The van der Waals surface area contributed by atoms with Crippen molar-refractivity contribution in [2.24, 2.45) is 0 Å². The van der Waals surface area contributed by atoms with Gasteiger partial charge in [-0.1, -0.05) is 74.5 Å². The standard InChI is InChI=1S/C26H25NO/c1-18(2)21-13-14-22(19(3)15-21)25-16-26(23-11-7-8-12-24(23)27-25)28-17-20-9-5-4-6-10-20/h4-16,18H,17H2,1-3H3. The predicted octanol–water partition coefficient (Wildman–Crippen LogP) is 6.91. The first kappa shape index (κ1) is 18.2. The van der Waals surface area contributed by atoms with Gasteiger partial charge in [-0.2, -0.15) is 0 Å². The van der Waals surface area contributed by atoms with Gasteiger partial charge in [0.2, 0.25) is 0 Å². The maximum Gasteiger partial charge on any atom is 0.131 e. The molecule has 3 aromatic carbocycles. The van der Waals surface area contributed by atoms with Gasteiger partial charge < -0.3 is 4.74 Å². The number of benzene rings is 3. The Hall–Kier alpha value is -3.13. The van der Waals surface area contributed by atoms with Gasteiger partial charge >= 0.3 is 0 Å². The van der Waals surface area contributed by atoms with Crippen molar-refractivity contribution in [3.63, 3.8) is 0 Å². The fourth-order valence-corrected chi connectivity index (χ4v) is 3.47. The molecule has 0 atom stereocenters. The molecule has 0 aliphatic carbocycles. The number of nitrogens with zero attached hydrogens (tertiary/aromatic N) is 1. The van der Waals surface area contributed by atoms with Gasteiger partial charge in [-0.05, 0) is 41.7 Å². The molecule has 2 nitrogen and oxygen atoms in total. The van der Waals surface area contributed by atoms with Crippen LogP contribution in [0.25, 0.3) is 22.2 Å². The van der Waals surface area contributed by atoms with Crippen molar-refractivity contribution in [2.45, 2.75) is 33.3 Å². The van der Waals surface area contributed by atoms with E-state index in [4.69, 9.17) is 9.72 Å². The summed E-state index contributed by atoms with van der Waals surface area (Å²) in [4.78, 5) is 4.92. The van der Waals surface area contributed by atoms with Crippen LogP contribution < -0.4 is 4.74 Å². The van der Waals surface area contributed by atoms with Gasteiger partial charge in [0.05, 0.1) is 11.2 Å². The van der Waals surface area contributed by atoms with Crippen molar-refractivity contribution in [3.05, 3.63) is 95.6 Å². The molecule has 0 radical (unpaired) electrons. The minimum absolute atomic E-state index is 0.516. The maximum absolute atomic E-state index is 6.23. The molecule has 0 unspecified atom stereocenters. The number of para-hydroxylation sites is 1. The Morgan fingerprint density at radius 2 is 1.61 bits per heavy atom. The number of aryl methyl sites for hydroxylation is 1. The van der Waals surface area contributed by atoms with Crippen LogP contribution in [-0.4, -0.2) is 4.98 Å². The molecule has 0 aliphatic heterocycles. The van der Waals surface area contributed by atoms with Crippen LogP contribution >= 0.6 is 0 Å². The number of hydrogen-bond acceptors (Lipinski definition) is 2. The Kier molecular flexibility index (Phi) is 5.12. The van der Waals surface area contributed by atoms with Gasteiger partial charge in [-0.3, -0.25) is 0 Å². The lowest BCUT2D eigenvalue weighted by molar-refractivity contribution is 0.310. The Morgan fingerprint density at radius 1 is 0.857 bits per heavy atom. The second kappa shape index (κ2) is 7.85. The van der Waals surface area contributed by atoms with E-state index in [1.165, 1.54) is 11.1 Å². The largest absolute Gasteiger partial charge is 0.488 e. The zero-order valence-electron chi connectivity index (χ0n) is 16.6. The van der Waals surface area contributed by atoms with Crippen molar-refractivity contribution < 1.29 is 4.74 Å². The number of rotatable bonds is 5. The Morgan fingerprint density at radius 3 is 2.36 bits per heavy atom. The van der Waals surface area contributed by atoms with Crippen LogP contribution in [0.15, 0.2) is 78.9 Å². The molecule has 2 heteroatoms. The molecule has 4 rings (SSSR count). The minimum atomic E-state index is 0.516. The SMILES string of the molecule is Cc1cc(C(C)C)ccc1-c1cc(OCc2ccccc2)c2ccccc2n1. The van der Waals surface area contributed by atoms with Crippen molar-refractivity contribution in [2.75, 3.05) is 0 Å². The average molecular weight is 367 g/mol. The van der Waals surface area contributed by atoms with E-state index in [1.54, 1.807) is 0 Å². The lowest BCUT2D eigenvalue weighted by Gasteiger charge is -2.14. The van der Waals surface area contributed by atoms with Crippen molar-refractivity contribution in [1.29, 1.82) is 0 Å². The summed E-state index contributed by atoms with van der Waals surface area (Å²) in [6, 6.07) is 27.2. The second-order valence-electron chi connectivity index (χ2n) is 7.53. The maximum atomic E-state index is 6.23. The molecule has 0 fully saturated rings. The van der Waals surface area contributed by atoms with E-state index in [0.717, 1.165) is 33.5 Å². The highest BCUT2D eigenvalue weighted by Gasteiger charge is 2.12. The molecule has 1 heterocycles. The quantitative estimate of drug-likeness (QED) is 0.382. The predicted molar refractivity (Wildman–Crippen MR) is 117 cm³/mol. The van der Waals surface area contributed by atoms with Crippen LogP contribution in [0.3, 0.4) is 0 Å². The average Bonchev–Trinajstić information content (AvgIpc) is 2.72. The van der Waals surface area contributed by atoms with Crippen LogP contribution in [0.4, 0.5) is 0 Å². The Bertz CT molecular complexity index is 1100. The van der Waals surface area contributed by atoms with E-state index < -0.39 is 0 Å². The highest BCUT2D eigenvalue weighted by atomic mass is 16.5. The summed E-state index contributed by atoms with van der Waals surface area (Å²) in [6.07, 6.45) is 0. The molecule has 140 valence electrons. The first-order chi connectivity index (χ1) is 13.6. The minimum Gasteiger partial charge on any atom is -0.488 e. The van der Waals surface area contributed by atoms with E-state index in [-0.39, 0.29) is 0 Å². The van der Waals surface area contributed by atoms with E-state index in [0.29, 0.717) is 12.5 Å². The molecule has 0 amide bonds. The summed E-state index contributed by atoms with van der Waals surface area (Å²) in [6.45, 7) is 7.14. The zero-order valence-corrected chi connectivity index (χ0v) is 16.6. The fourth-order valence-electron chi connectivity index (χ4n) is 3.47. The van der Waals surface area contributed by atoms with Crippen LogP contribution in [0, 0.1) is 6.92 Å². The molecule has 0 aliphatic rings. The van der Waals surface area contributed by atoms with E-state index >= 15 is 0 Å². The smallest absolute Gasteiger partial charge is 0.131 e. The van der Waals surface area contributed by atoms with Gasteiger partial charge in [-0.15, -0.1) is 0 Å². The van der Waals surface area contributed by atoms with Gasteiger partial charge in [0.15, 0.2) is 0 Å². The van der Waals surface area contributed by atoms with E-state index in [9.17, 15) is 0 Å². The molecular weight excluding hydrogens is 342 g/mol. The van der Waals surface area contributed by atoms with Gasteiger partial charge in [0.1, 0.15) is 12.4 Å². The monoisotopic (exact) mass is 367 g/mol. The van der Waals surface area contributed by atoms with Crippen LogP contribution in [0.1, 0.15) is 36.5 Å². The summed E-state index contributed by atoms with van der Waals surface area (Å²) >= 11 is 0. The fraction of sp³-hybridized carbons (Fsp3) is 0.192. The van der Waals surface area contributed by atoms with Crippen molar-refractivity contribution >= 4 is 10.9 Å². The molecular formula is C26H25NO. The molecule has 0 N–H and O–H groups in total. The van der Waals surface area contributed by atoms with Gasteiger partial charge in [0.25, 0.3) is 0 Å². The first-order valence-electron chi connectivity index (χ1n) is 9.79. The third-order valence-corrected chi connectivity index (χ3v) is 5.11. The van der Waals surface area contributed by atoms with Crippen molar-refractivity contribution in [1.82, 2.24) is 4.98 Å². The van der Waals surface area contributed by atoms with Crippen LogP contribution in [0.2, 0.25) is 0 Å². The highest BCUT2D eigenvalue weighted by Crippen LogP contribution is 2.33. The Labute approximate surface area is 166 Å². The van der Waals surface area contributed by atoms with Crippen molar-refractivity contribution in [3.8, 4) is 17.0 Å². The number of hydrogen-bond donors (Lipinski definition) is 0. The lowest BCUT2D eigenvalue weighted by atomic mass is 9.96. The van der Waals surface area contributed by atoms with E-state index in [2.05, 4.69) is 63.2 Å². The third-order valence-electron chi connectivity index (χ3n) is 5.11. The highest BCUT2D eigenvalue weighted by molar-refractivity contribution is 5.88. The number of pyridine rings is 1. The summed E-state index contributed by atoms with van der Waals surface area (Å²) in [5, 5.41) is 1.04. The molecule has 0 saturated heterocycles. The van der Waals surface area contributed by atoms with E-state index in [1.807, 2.05) is 36.4 Å². The third kappa shape index (κ3) is 3.77. The van der Waals surface area contributed by atoms with Gasteiger partial charge in [-0.25, -0.2) is 4.98 Å². The normalized spacial score (nSPS) is 11.1. The first-order valence-corrected chi connectivity index (χ1v) is 9.79. The molecule has 28 heavy (non-hydrogen) atoms. The molecule has 1 aromatic heterocycles. The summed E-state index contributed by atoms with van der Waals surface area (Å²) in [7, 11) is 0. The number of aromatic nitrogens is 1. The lowest BCUT2D eigenvalue weighted by Crippen LogP contribution is -1.98. The molecule has 0 spiro atoms. The van der Waals surface area contributed by atoms with Gasteiger partial charge in [0, 0.05) is 17.0 Å².